The lowest BCUT2D eigenvalue weighted by atomic mass is 9.88. The SMILES string of the molecule is CC#CC(=O)N[C@H]1CCC=C(c2c(F)c(F)cc3[nH]c(C)c(Cl)c23)C1. The molecule has 0 aliphatic heterocycles. The van der Waals surface area contributed by atoms with Crippen molar-refractivity contribution < 1.29 is 13.6 Å². The largest absolute Gasteiger partial charge is 0.357 e. The van der Waals surface area contributed by atoms with E-state index in [1.807, 2.05) is 6.08 Å². The first-order valence-corrected chi connectivity index (χ1v) is 8.38. The van der Waals surface area contributed by atoms with Gasteiger partial charge in [-0.15, -0.1) is 0 Å². The Balaban J connectivity index is 2.03. The maximum atomic E-state index is 14.6. The Kier molecular flexibility index (Phi) is 4.82. The van der Waals surface area contributed by atoms with E-state index in [4.69, 9.17) is 11.6 Å². The molecule has 1 aromatic carbocycles. The molecule has 1 aliphatic rings. The summed E-state index contributed by atoms with van der Waals surface area (Å²) < 4.78 is 28.7. The lowest BCUT2D eigenvalue weighted by Crippen LogP contribution is -2.35. The molecule has 1 atom stereocenters. The first kappa shape index (κ1) is 17.5. The second-order valence-corrected chi connectivity index (χ2v) is 6.47. The Morgan fingerprint density at radius 2 is 2.20 bits per heavy atom. The van der Waals surface area contributed by atoms with Gasteiger partial charge in [0.05, 0.1) is 10.5 Å². The Morgan fingerprint density at radius 1 is 1.44 bits per heavy atom. The number of carbonyl (C=O) groups excluding carboxylic acids is 1. The summed E-state index contributed by atoms with van der Waals surface area (Å²) in [7, 11) is 0. The second kappa shape index (κ2) is 6.89. The van der Waals surface area contributed by atoms with E-state index in [1.165, 1.54) is 0 Å². The van der Waals surface area contributed by atoms with Crippen LogP contribution in [0.5, 0.6) is 0 Å². The Hall–Kier alpha value is -2.32. The third-order valence-electron chi connectivity index (χ3n) is 4.36. The Labute approximate surface area is 149 Å². The maximum absolute atomic E-state index is 14.6. The van der Waals surface area contributed by atoms with E-state index in [0.29, 0.717) is 40.0 Å². The minimum atomic E-state index is -0.927. The fourth-order valence-corrected chi connectivity index (χ4v) is 3.51. The van der Waals surface area contributed by atoms with Crippen molar-refractivity contribution in [3.63, 3.8) is 0 Å². The molecule has 0 bridgehead atoms. The van der Waals surface area contributed by atoms with Gasteiger partial charge in [-0.05, 0) is 44.6 Å². The molecule has 0 radical (unpaired) electrons. The van der Waals surface area contributed by atoms with Crippen LogP contribution in [0.4, 0.5) is 8.78 Å². The molecule has 2 N–H and O–H groups in total. The van der Waals surface area contributed by atoms with Crippen LogP contribution < -0.4 is 5.32 Å². The van der Waals surface area contributed by atoms with Crippen LogP contribution in [0.25, 0.3) is 16.5 Å². The van der Waals surface area contributed by atoms with Crippen molar-refractivity contribution in [2.45, 2.75) is 39.2 Å². The number of fused-ring (bicyclic) bond motifs is 1. The zero-order chi connectivity index (χ0) is 18.1. The predicted octanol–water partition coefficient (Wildman–Crippen LogP) is 4.48. The fourth-order valence-electron chi connectivity index (χ4n) is 3.27. The number of halogens is 3. The second-order valence-electron chi connectivity index (χ2n) is 6.09. The molecule has 0 unspecified atom stereocenters. The quantitative estimate of drug-likeness (QED) is 0.760. The summed E-state index contributed by atoms with van der Waals surface area (Å²) in [4.78, 5) is 14.7. The van der Waals surface area contributed by atoms with E-state index in [0.717, 1.165) is 12.5 Å². The molecule has 1 aromatic heterocycles. The smallest absolute Gasteiger partial charge is 0.296 e. The van der Waals surface area contributed by atoms with E-state index >= 15 is 0 Å². The molecule has 130 valence electrons. The normalized spacial score (nSPS) is 17.0. The molecular formula is C19H17ClF2N2O. The number of allylic oxidation sites excluding steroid dienone is 1. The number of aromatic nitrogens is 1. The van der Waals surface area contributed by atoms with Crippen molar-refractivity contribution in [2.24, 2.45) is 0 Å². The van der Waals surface area contributed by atoms with E-state index in [2.05, 4.69) is 22.1 Å². The Bertz CT molecular complexity index is 950. The van der Waals surface area contributed by atoms with Crippen LogP contribution in [0.2, 0.25) is 5.02 Å². The number of hydrogen-bond acceptors (Lipinski definition) is 1. The highest BCUT2D eigenvalue weighted by molar-refractivity contribution is 6.37. The van der Waals surface area contributed by atoms with Crippen molar-refractivity contribution >= 4 is 34.0 Å². The molecule has 0 saturated heterocycles. The van der Waals surface area contributed by atoms with Gasteiger partial charge in [-0.2, -0.15) is 0 Å². The summed E-state index contributed by atoms with van der Waals surface area (Å²) in [5, 5.41) is 3.67. The van der Waals surface area contributed by atoms with Crippen LogP contribution in [0.1, 0.15) is 37.4 Å². The fraction of sp³-hybridized carbons (Fsp3) is 0.316. The van der Waals surface area contributed by atoms with Crippen molar-refractivity contribution in [2.75, 3.05) is 0 Å². The van der Waals surface area contributed by atoms with Gasteiger partial charge < -0.3 is 10.3 Å². The molecule has 25 heavy (non-hydrogen) atoms. The number of rotatable bonds is 2. The highest BCUT2D eigenvalue weighted by Gasteiger charge is 2.25. The highest BCUT2D eigenvalue weighted by Crippen LogP contribution is 2.39. The molecule has 3 nitrogen and oxygen atoms in total. The number of benzene rings is 1. The van der Waals surface area contributed by atoms with Gasteiger partial charge in [0.1, 0.15) is 0 Å². The van der Waals surface area contributed by atoms with Gasteiger partial charge in [0.2, 0.25) is 0 Å². The summed E-state index contributed by atoms with van der Waals surface area (Å²) in [5.41, 5.74) is 1.93. The van der Waals surface area contributed by atoms with Gasteiger partial charge >= 0.3 is 0 Å². The van der Waals surface area contributed by atoms with Gasteiger partial charge in [0.25, 0.3) is 5.91 Å². The summed E-state index contributed by atoms with van der Waals surface area (Å²) in [5.74, 6) is 2.76. The number of hydrogen-bond donors (Lipinski definition) is 2. The third-order valence-corrected chi connectivity index (χ3v) is 4.83. The molecule has 2 aromatic rings. The summed E-state index contributed by atoms with van der Waals surface area (Å²) in [6.45, 7) is 3.34. The predicted molar refractivity (Wildman–Crippen MR) is 95.2 cm³/mol. The molecule has 3 rings (SSSR count). The first-order chi connectivity index (χ1) is 11.9. The molecule has 1 heterocycles. The minimum absolute atomic E-state index is 0.171. The van der Waals surface area contributed by atoms with E-state index in [-0.39, 0.29) is 17.5 Å². The molecule has 0 spiro atoms. The number of nitrogens with one attached hydrogen (secondary N) is 2. The van der Waals surface area contributed by atoms with Crippen LogP contribution in [0, 0.1) is 30.4 Å². The monoisotopic (exact) mass is 362 g/mol. The Morgan fingerprint density at radius 3 is 2.92 bits per heavy atom. The molecule has 0 saturated carbocycles. The van der Waals surface area contributed by atoms with Gasteiger partial charge in [-0.3, -0.25) is 4.79 Å². The first-order valence-electron chi connectivity index (χ1n) is 8.00. The topological polar surface area (TPSA) is 44.9 Å². The van der Waals surface area contributed by atoms with E-state index < -0.39 is 11.6 Å². The molecule has 0 fully saturated rings. The maximum Gasteiger partial charge on any atom is 0.296 e. The van der Waals surface area contributed by atoms with Gasteiger partial charge in [0.15, 0.2) is 11.6 Å². The van der Waals surface area contributed by atoms with Crippen LogP contribution in [-0.4, -0.2) is 16.9 Å². The van der Waals surface area contributed by atoms with Gasteiger partial charge in [0, 0.05) is 28.8 Å². The van der Waals surface area contributed by atoms with Crippen molar-refractivity contribution in [1.82, 2.24) is 10.3 Å². The van der Waals surface area contributed by atoms with Crippen LogP contribution in [-0.2, 0) is 4.79 Å². The number of amides is 1. The zero-order valence-corrected chi connectivity index (χ0v) is 14.7. The lowest BCUT2D eigenvalue weighted by molar-refractivity contribution is -0.116. The van der Waals surface area contributed by atoms with E-state index in [1.54, 1.807) is 13.8 Å². The van der Waals surface area contributed by atoms with Gasteiger partial charge in [-0.1, -0.05) is 23.6 Å². The molecule has 1 amide bonds. The average Bonchev–Trinajstić information content (AvgIpc) is 2.83. The summed E-state index contributed by atoms with van der Waals surface area (Å²) in [6.07, 6.45) is 3.65. The third kappa shape index (κ3) is 3.27. The van der Waals surface area contributed by atoms with Crippen LogP contribution in [0.3, 0.4) is 0 Å². The standard InChI is InChI=1S/C19H17ClF2N2O/c1-3-5-15(25)24-12-7-4-6-11(8-12)16-17-14(9-13(21)19(16)22)23-10(2)18(17)20/h6,9,12,23H,4,7-8H2,1-2H3,(H,24,25)/t12-/m0/s1. The van der Waals surface area contributed by atoms with Crippen molar-refractivity contribution in [3.8, 4) is 11.8 Å². The van der Waals surface area contributed by atoms with Crippen LogP contribution >= 0.6 is 11.6 Å². The van der Waals surface area contributed by atoms with Crippen molar-refractivity contribution in [1.29, 1.82) is 0 Å². The lowest BCUT2D eigenvalue weighted by Gasteiger charge is -2.24. The number of H-pyrrole nitrogens is 1. The summed E-state index contributed by atoms with van der Waals surface area (Å²) in [6, 6.07) is 0.942. The average molecular weight is 363 g/mol. The zero-order valence-electron chi connectivity index (χ0n) is 13.9. The number of aromatic amines is 1. The summed E-state index contributed by atoms with van der Waals surface area (Å²) >= 11 is 6.32. The minimum Gasteiger partial charge on any atom is -0.357 e. The highest BCUT2D eigenvalue weighted by atomic mass is 35.5. The van der Waals surface area contributed by atoms with Crippen LogP contribution in [0.15, 0.2) is 12.1 Å². The van der Waals surface area contributed by atoms with Crippen molar-refractivity contribution in [3.05, 3.63) is 40.1 Å². The van der Waals surface area contributed by atoms with Gasteiger partial charge in [-0.25, -0.2) is 8.78 Å². The number of aryl methyl sites for hydroxylation is 1. The number of carbonyl (C=O) groups is 1. The molecular weight excluding hydrogens is 346 g/mol. The molecule has 6 heteroatoms. The van der Waals surface area contributed by atoms with E-state index in [9.17, 15) is 13.6 Å². The molecule has 1 aliphatic carbocycles.